The predicted molar refractivity (Wildman–Crippen MR) is 176 cm³/mol. The van der Waals surface area contributed by atoms with Crippen molar-refractivity contribution in [3.05, 3.63) is 58.5 Å². The highest BCUT2D eigenvalue weighted by atomic mass is 79.9. The third-order valence-electron chi connectivity index (χ3n) is 7.71. The van der Waals surface area contributed by atoms with Crippen molar-refractivity contribution in [1.29, 1.82) is 0 Å². The predicted octanol–water partition coefficient (Wildman–Crippen LogP) is 5.32. The number of hydrogen-bond donors (Lipinski definition) is 2. The summed E-state index contributed by atoms with van der Waals surface area (Å²) in [6.45, 7) is 4.15. The molecular weight excluding hydrogens is 632 g/mol. The summed E-state index contributed by atoms with van der Waals surface area (Å²) in [5, 5.41) is 6.62. The van der Waals surface area contributed by atoms with Crippen molar-refractivity contribution in [3.8, 4) is 5.75 Å². The molecule has 0 unspecified atom stereocenters. The standard InChI is InChI=1S/C30H37BrN8O3S/c1-6-19-15-25(27(42-4)16-26(19)39-13-9-20(10-14-39)38(2)3)36-30-34-17-22(31)29(37-30)35-23-7-8-24-28(33-12-11-32-24)21(23)18-43(5,40)41/h7-8,11-12,15-17,20H,6,9-10,13-14,18H2,1-5H3,(H2,34,35,36,37). The lowest BCUT2D eigenvalue weighted by atomic mass is 10.0. The molecule has 228 valence electrons. The maximum atomic E-state index is 12.3. The fourth-order valence-electron chi connectivity index (χ4n) is 5.46. The Bertz CT molecular complexity index is 1730. The summed E-state index contributed by atoms with van der Waals surface area (Å²) in [5.74, 6) is 1.32. The average molecular weight is 670 g/mol. The van der Waals surface area contributed by atoms with E-state index in [4.69, 9.17) is 9.72 Å². The number of piperidine rings is 1. The monoisotopic (exact) mass is 668 g/mol. The first-order valence-corrected chi connectivity index (χ1v) is 17.0. The van der Waals surface area contributed by atoms with Crippen LogP contribution in [0.15, 0.2) is 47.3 Å². The number of benzene rings is 2. The molecule has 0 spiro atoms. The number of halogens is 1. The van der Waals surface area contributed by atoms with Crippen molar-refractivity contribution < 1.29 is 13.2 Å². The van der Waals surface area contributed by atoms with Gasteiger partial charge in [-0.3, -0.25) is 9.97 Å². The zero-order valence-electron chi connectivity index (χ0n) is 25.1. The van der Waals surface area contributed by atoms with E-state index < -0.39 is 9.84 Å². The maximum Gasteiger partial charge on any atom is 0.229 e. The second-order valence-corrected chi connectivity index (χ2v) is 13.9. The number of aryl methyl sites for hydroxylation is 1. The number of sulfone groups is 1. The lowest BCUT2D eigenvalue weighted by molar-refractivity contribution is 0.249. The van der Waals surface area contributed by atoms with Gasteiger partial charge in [-0.15, -0.1) is 0 Å². The van der Waals surface area contributed by atoms with Crippen LogP contribution < -0.4 is 20.3 Å². The first kappa shape index (κ1) is 30.9. The van der Waals surface area contributed by atoms with E-state index in [9.17, 15) is 8.42 Å². The van der Waals surface area contributed by atoms with Gasteiger partial charge in [0.2, 0.25) is 5.95 Å². The molecule has 3 heterocycles. The van der Waals surface area contributed by atoms with Crippen LogP contribution in [0.3, 0.4) is 0 Å². The highest BCUT2D eigenvalue weighted by Crippen LogP contribution is 2.37. The Balaban J connectivity index is 1.44. The number of hydrogen-bond acceptors (Lipinski definition) is 11. The van der Waals surface area contributed by atoms with E-state index in [0.29, 0.717) is 50.3 Å². The van der Waals surface area contributed by atoms with Gasteiger partial charge in [0.1, 0.15) is 11.6 Å². The smallest absolute Gasteiger partial charge is 0.229 e. The lowest BCUT2D eigenvalue weighted by Gasteiger charge is -2.37. The van der Waals surface area contributed by atoms with Crippen molar-refractivity contribution in [3.63, 3.8) is 0 Å². The highest BCUT2D eigenvalue weighted by molar-refractivity contribution is 9.10. The van der Waals surface area contributed by atoms with Crippen LogP contribution in [-0.2, 0) is 22.0 Å². The van der Waals surface area contributed by atoms with Crippen LogP contribution in [0.2, 0.25) is 0 Å². The minimum absolute atomic E-state index is 0.199. The molecule has 0 atom stereocenters. The summed E-state index contributed by atoms with van der Waals surface area (Å²) in [6, 6.07) is 8.40. The lowest BCUT2D eigenvalue weighted by Crippen LogP contribution is -2.42. The van der Waals surface area contributed by atoms with Crippen molar-refractivity contribution >= 4 is 65.6 Å². The maximum absolute atomic E-state index is 12.3. The molecule has 0 bridgehead atoms. The Morgan fingerprint density at radius 2 is 1.81 bits per heavy atom. The van der Waals surface area contributed by atoms with E-state index in [1.54, 1.807) is 37.8 Å². The van der Waals surface area contributed by atoms with E-state index >= 15 is 0 Å². The van der Waals surface area contributed by atoms with Crippen LogP contribution in [-0.4, -0.2) is 79.8 Å². The summed E-state index contributed by atoms with van der Waals surface area (Å²) >= 11 is 3.53. The minimum atomic E-state index is -3.36. The molecule has 1 aliphatic rings. The third kappa shape index (κ3) is 7.16. The SMILES string of the molecule is CCc1cc(Nc2ncc(Br)c(Nc3ccc4nccnc4c3CS(C)(=O)=O)n2)c(OC)cc1N1CCC(N(C)C)CC1. The van der Waals surface area contributed by atoms with E-state index in [1.165, 1.54) is 17.5 Å². The Kier molecular flexibility index (Phi) is 9.33. The Hall–Kier alpha value is -3.55. The normalized spacial score (nSPS) is 14.3. The van der Waals surface area contributed by atoms with Gasteiger partial charge in [-0.1, -0.05) is 6.92 Å². The Morgan fingerprint density at radius 3 is 2.49 bits per heavy atom. The van der Waals surface area contributed by atoms with Gasteiger partial charge in [0.15, 0.2) is 9.84 Å². The summed E-state index contributed by atoms with van der Waals surface area (Å²) < 4.78 is 31.1. The van der Waals surface area contributed by atoms with Crippen LogP contribution in [0, 0.1) is 0 Å². The minimum Gasteiger partial charge on any atom is -0.494 e. The summed E-state index contributed by atoms with van der Waals surface area (Å²) in [6.07, 6.45) is 9.08. The molecule has 13 heteroatoms. The molecule has 2 aromatic carbocycles. The van der Waals surface area contributed by atoms with Crippen molar-refractivity contribution in [2.45, 2.75) is 38.0 Å². The van der Waals surface area contributed by atoms with Gasteiger partial charge >= 0.3 is 0 Å². The van der Waals surface area contributed by atoms with Gasteiger partial charge in [-0.05, 0) is 73.1 Å². The Morgan fingerprint density at radius 1 is 1.07 bits per heavy atom. The molecule has 11 nitrogen and oxygen atoms in total. The number of aromatic nitrogens is 4. The summed E-state index contributed by atoms with van der Waals surface area (Å²) in [4.78, 5) is 22.7. The van der Waals surface area contributed by atoms with E-state index in [1.807, 2.05) is 0 Å². The number of rotatable bonds is 10. The topological polar surface area (TPSA) is 125 Å². The van der Waals surface area contributed by atoms with E-state index in [0.717, 1.165) is 38.0 Å². The number of anilines is 5. The molecule has 1 fully saturated rings. The largest absolute Gasteiger partial charge is 0.494 e. The van der Waals surface area contributed by atoms with Crippen LogP contribution >= 0.6 is 15.9 Å². The van der Waals surface area contributed by atoms with Gasteiger partial charge in [0.05, 0.1) is 34.1 Å². The number of nitrogens with zero attached hydrogens (tertiary/aromatic N) is 6. The van der Waals surface area contributed by atoms with Crippen molar-refractivity contribution in [2.24, 2.45) is 0 Å². The summed E-state index contributed by atoms with van der Waals surface area (Å²) in [7, 11) is 2.60. The van der Waals surface area contributed by atoms with Crippen LogP contribution in [0.5, 0.6) is 5.75 Å². The van der Waals surface area contributed by atoms with Crippen LogP contribution in [0.4, 0.5) is 28.8 Å². The first-order valence-electron chi connectivity index (χ1n) is 14.2. The second-order valence-electron chi connectivity index (χ2n) is 10.9. The molecule has 0 radical (unpaired) electrons. The Labute approximate surface area is 261 Å². The van der Waals surface area contributed by atoms with Gasteiger partial charge in [-0.2, -0.15) is 4.98 Å². The van der Waals surface area contributed by atoms with Gasteiger partial charge < -0.3 is 25.2 Å². The second kappa shape index (κ2) is 13.0. The van der Waals surface area contributed by atoms with Crippen molar-refractivity contribution in [2.75, 3.05) is 56.1 Å². The number of ether oxygens (including phenoxy) is 1. The average Bonchev–Trinajstić information content (AvgIpc) is 2.99. The van der Waals surface area contributed by atoms with Gasteiger partial charge in [0, 0.05) is 67.0 Å². The highest BCUT2D eigenvalue weighted by Gasteiger charge is 2.24. The molecule has 2 aromatic heterocycles. The van der Waals surface area contributed by atoms with Gasteiger partial charge in [0.25, 0.3) is 0 Å². The van der Waals surface area contributed by atoms with Crippen LogP contribution in [0.25, 0.3) is 11.0 Å². The van der Waals surface area contributed by atoms with Crippen LogP contribution in [0.1, 0.15) is 30.9 Å². The third-order valence-corrected chi connectivity index (χ3v) is 9.11. The molecule has 2 N–H and O–H groups in total. The van der Waals surface area contributed by atoms with Crippen molar-refractivity contribution in [1.82, 2.24) is 24.8 Å². The van der Waals surface area contributed by atoms with E-state index in [2.05, 4.69) is 84.5 Å². The molecular formula is C30H37BrN8O3S. The molecule has 0 amide bonds. The van der Waals surface area contributed by atoms with Gasteiger partial charge in [-0.25, -0.2) is 13.4 Å². The number of fused-ring (bicyclic) bond motifs is 1. The number of nitrogens with one attached hydrogen (secondary N) is 2. The summed E-state index contributed by atoms with van der Waals surface area (Å²) in [5.41, 5.74) is 5.39. The fraction of sp³-hybridized carbons (Fsp3) is 0.400. The molecule has 0 aliphatic carbocycles. The molecule has 1 aliphatic heterocycles. The number of methoxy groups -OCH3 is 1. The zero-order valence-corrected chi connectivity index (χ0v) is 27.5. The molecule has 4 aromatic rings. The first-order chi connectivity index (χ1) is 20.6. The quantitative estimate of drug-likeness (QED) is 0.228. The van der Waals surface area contributed by atoms with E-state index in [-0.39, 0.29) is 5.75 Å². The fourth-order valence-corrected chi connectivity index (χ4v) is 6.57. The molecule has 1 saturated heterocycles. The molecule has 0 saturated carbocycles. The molecule has 43 heavy (non-hydrogen) atoms. The zero-order chi connectivity index (χ0) is 30.7. The molecule has 5 rings (SSSR count).